The van der Waals surface area contributed by atoms with Gasteiger partial charge in [0.1, 0.15) is 5.60 Å². The molecule has 3 heterocycles. The van der Waals surface area contributed by atoms with E-state index in [-0.39, 0.29) is 5.60 Å². The second kappa shape index (κ2) is 5.78. The molecule has 1 unspecified atom stereocenters. The maximum Gasteiger partial charge on any atom is 0.160 e. The number of fused-ring (bicyclic) bond motifs is 1. The van der Waals surface area contributed by atoms with Crippen molar-refractivity contribution in [2.24, 2.45) is 0 Å². The van der Waals surface area contributed by atoms with Gasteiger partial charge in [-0.1, -0.05) is 13.3 Å². The van der Waals surface area contributed by atoms with E-state index in [1.54, 1.807) is 0 Å². The SMILES string of the molecule is CCCc1nc(C2(C)CCCCO2)nc2c1CNCC2. The monoisotopic (exact) mass is 275 g/mol. The van der Waals surface area contributed by atoms with Crippen LogP contribution in [-0.2, 0) is 29.7 Å². The molecule has 0 aliphatic carbocycles. The summed E-state index contributed by atoms with van der Waals surface area (Å²) in [5.74, 6) is 0.918. The largest absolute Gasteiger partial charge is 0.367 e. The molecule has 0 amide bonds. The number of hydrogen-bond donors (Lipinski definition) is 1. The zero-order chi connectivity index (χ0) is 14.0. The first-order chi connectivity index (χ1) is 9.73. The molecule has 0 aromatic carbocycles. The van der Waals surface area contributed by atoms with Crippen LogP contribution in [-0.4, -0.2) is 23.1 Å². The lowest BCUT2D eigenvalue weighted by Crippen LogP contribution is -2.35. The Morgan fingerprint density at radius 2 is 2.20 bits per heavy atom. The molecule has 0 saturated carbocycles. The first-order valence-electron chi connectivity index (χ1n) is 7.97. The molecule has 1 N–H and O–H groups in total. The third-order valence-corrected chi connectivity index (χ3v) is 4.45. The van der Waals surface area contributed by atoms with Gasteiger partial charge in [0.05, 0.1) is 5.69 Å². The van der Waals surface area contributed by atoms with Gasteiger partial charge in [0.15, 0.2) is 5.82 Å². The van der Waals surface area contributed by atoms with Gasteiger partial charge in [-0.05, 0) is 32.6 Å². The molecule has 0 spiro atoms. The van der Waals surface area contributed by atoms with E-state index in [0.717, 1.165) is 57.6 Å². The van der Waals surface area contributed by atoms with E-state index in [1.807, 2.05) is 0 Å². The second-order valence-corrected chi connectivity index (χ2v) is 6.13. The minimum Gasteiger partial charge on any atom is -0.367 e. The zero-order valence-electron chi connectivity index (χ0n) is 12.7. The van der Waals surface area contributed by atoms with Crippen molar-refractivity contribution in [2.75, 3.05) is 13.2 Å². The molecule has 2 aliphatic rings. The number of rotatable bonds is 3. The molecule has 4 nitrogen and oxygen atoms in total. The maximum absolute atomic E-state index is 6.04. The van der Waals surface area contributed by atoms with Gasteiger partial charge in [-0.3, -0.25) is 0 Å². The Labute approximate surface area is 121 Å². The predicted molar refractivity (Wildman–Crippen MR) is 78.6 cm³/mol. The van der Waals surface area contributed by atoms with Crippen LogP contribution in [0.25, 0.3) is 0 Å². The average molecular weight is 275 g/mol. The van der Waals surface area contributed by atoms with Crippen molar-refractivity contribution in [1.29, 1.82) is 0 Å². The van der Waals surface area contributed by atoms with Crippen LogP contribution in [0, 0.1) is 0 Å². The summed E-state index contributed by atoms with van der Waals surface area (Å²) < 4.78 is 6.04. The predicted octanol–water partition coefficient (Wildman–Crippen LogP) is 2.49. The van der Waals surface area contributed by atoms with E-state index in [4.69, 9.17) is 14.7 Å². The Morgan fingerprint density at radius 1 is 1.30 bits per heavy atom. The van der Waals surface area contributed by atoms with Crippen LogP contribution in [0.2, 0.25) is 0 Å². The van der Waals surface area contributed by atoms with Gasteiger partial charge in [-0.2, -0.15) is 0 Å². The number of aromatic nitrogens is 2. The lowest BCUT2D eigenvalue weighted by molar-refractivity contribution is -0.0763. The molecular weight excluding hydrogens is 250 g/mol. The molecule has 0 radical (unpaired) electrons. The molecule has 1 atom stereocenters. The van der Waals surface area contributed by atoms with E-state index in [0.29, 0.717) is 0 Å². The fraction of sp³-hybridized carbons (Fsp3) is 0.750. The van der Waals surface area contributed by atoms with Gasteiger partial charge in [0.25, 0.3) is 0 Å². The van der Waals surface area contributed by atoms with E-state index >= 15 is 0 Å². The Kier molecular flexibility index (Phi) is 4.03. The van der Waals surface area contributed by atoms with Gasteiger partial charge in [0.2, 0.25) is 0 Å². The smallest absolute Gasteiger partial charge is 0.160 e. The van der Waals surface area contributed by atoms with Crippen molar-refractivity contribution in [3.8, 4) is 0 Å². The second-order valence-electron chi connectivity index (χ2n) is 6.13. The quantitative estimate of drug-likeness (QED) is 0.920. The maximum atomic E-state index is 6.04. The van der Waals surface area contributed by atoms with Gasteiger partial charge in [-0.25, -0.2) is 9.97 Å². The van der Waals surface area contributed by atoms with Crippen molar-refractivity contribution in [3.05, 3.63) is 22.8 Å². The van der Waals surface area contributed by atoms with Gasteiger partial charge < -0.3 is 10.1 Å². The van der Waals surface area contributed by atoms with Gasteiger partial charge >= 0.3 is 0 Å². The average Bonchev–Trinajstić information content (AvgIpc) is 2.48. The molecule has 4 heteroatoms. The molecule has 0 bridgehead atoms. The molecular formula is C16H25N3O. The highest BCUT2D eigenvalue weighted by molar-refractivity contribution is 5.29. The summed E-state index contributed by atoms with van der Waals surface area (Å²) in [7, 11) is 0. The summed E-state index contributed by atoms with van der Waals surface area (Å²) >= 11 is 0. The minimum atomic E-state index is -0.277. The van der Waals surface area contributed by atoms with Crippen LogP contribution in [0.3, 0.4) is 0 Å². The fourth-order valence-corrected chi connectivity index (χ4v) is 3.20. The molecule has 1 aromatic heterocycles. The van der Waals surface area contributed by atoms with Crippen LogP contribution in [0.1, 0.15) is 62.3 Å². The molecule has 3 rings (SSSR count). The third-order valence-electron chi connectivity index (χ3n) is 4.45. The Morgan fingerprint density at radius 3 is 2.95 bits per heavy atom. The van der Waals surface area contributed by atoms with Crippen molar-refractivity contribution in [3.63, 3.8) is 0 Å². The van der Waals surface area contributed by atoms with Crippen LogP contribution in [0.5, 0.6) is 0 Å². The van der Waals surface area contributed by atoms with Crippen molar-refractivity contribution in [2.45, 2.75) is 64.5 Å². The van der Waals surface area contributed by atoms with E-state index in [1.165, 1.54) is 23.4 Å². The first-order valence-corrected chi connectivity index (χ1v) is 7.97. The van der Waals surface area contributed by atoms with Crippen LogP contribution < -0.4 is 5.32 Å². The topological polar surface area (TPSA) is 47.0 Å². The lowest BCUT2D eigenvalue weighted by atomic mass is 9.93. The summed E-state index contributed by atoms with van der Waals surface area (Å²) in [6.45, 7) is 7.14. The molecule has 1 aromatic rings. The molecule has 20 heavy (non-hydrogen) atoms. The van der Waals surface area contributed by atoms with E-state index in [9.17, 15) is 0 Å². The van der Waals surface area contributed by atoms with Crippen LogP contribution in [0.4, 0.5) is 0 Å². The number of nitrogens with zero attached hydrogens (tertiary/aromatic N) is 2. The highest BCUT2D eigenvalue weighted by atomic mass is 16.5. The minimum absolute atomic E-state index is 0.277. The van der Waals surface area contributed by atoms with Gasteiger partial charge in [-0.15, -0.1) is 0 Å². The summed E-state index contributed by atoms with van der Waals surface area (Å²) in [6.07, 6.45) is 6.58. The Bertz CT molecular complexity index is 481. The molecule has 1 fully saturated rings. The van der Waals surface area contributed by atoms with Crippen molar-refractivity contribution >= 4 is 0 Å². The highest BCUT2D eigenvalue weighted by Crippen LogP contribution is 2.33. The highest BCUT2D eigenvalue weighted by Gasteiger charge is 2.34. The molecule has 1 saturated heterocycles. The number of nitrogens with one attached hydrogen (secondary N) is 1. The summed E-state index contributed by atoms with van der Waals surface area (Å²) in [4.78, 5) is 9.77. The first kappa shape index (κ1) is 14.0. The number of ether oxygens (including phenoxy) is 1. The number of hydrogen-bond acceptors (Lipinski definition) is 4. The lowest BCUT2D eigenvalue weighted by Gasteiger charge is -2.33. The standard InChI is InChI=1S/C16H25N3O/c1-3-6-13-12-11-17-9-7-14(12)19-15(18-13)16(2)8-4-5-10-20-16/h17H,3-11H2,1-2H3. The Balaban J connectivity index is 2.00. The third kappa shape index (κ3) is 2.59. The summed E-state index contributed by atoms with van der Waals surface area (Å²) in [5.41, 5.74) is 3.53. The summed E-state index contributed by atoms with van der Waals surface area (Å²) in [5, 5.41) is 3.44. The normalized spacial score (nSPS) is 26.3. The Hall–Kier alpha value is -1.00. The summed E-state index contributed by atoms with van der Waals surface area (Å²) in [6, 6.07) is 0. The number of aryl methyl sites for hydroxylation is 1. The van der Waals surface area contributed by atoms with Crippen LogP contribution >= 0.6 is 0 Å². The molecule has 2 aliphatic heterocycles. The van der Waals surface area contributed by atoms with Crippen molar-refractivity contribution < 1.29 is 4.74 Å². The van der Waals surface area contributed by atoms with Crippen molar-refractivity contribution in [1.82, 2.24) is 15.3 Å². The van der Waals surface area contributed by atoms with E-state index in [2.05, 4.69) is 19.2 Å². The van der Waals surface area contributed by atoms with Gasteiger partial charge in [0, 0.05) is 37.4 Å². The fourth-order valence-electron chi connectivity index (χ4n) is 3.20. The molecule has 110 valence electrons. The zero-order valence-corrected chi connectivity index (χ0v) is 12.7. The van der Waals surface area contributed by atoms with E-state index < -0.39 is 0 Å². The van der Waals surface area contributed by atoms with Crippen LogP contribution in [0.15, 0.2) is 0 Å².